The van der Waals surface area contributed by atoms with Gasteiger partial charge in [0.2, 0.25) is 11.7 Å². The zero-order valence-electron chi connectivity index (χ0n) is 18.0. The Morgan fingerprint density at radius 2 is 1.97 bits per heavy atom. The summed E-state index contributed by atoms with van der Waals surface area (Å²) in [5, 5.41) is 9.48. The first kappa shape index (κ1) is 22.4. The average Bonchev–Trinajstić information content (AvgIpc) is 3.18. The SMILES string of the molecule is CCCCCn1c(OC2CN(CCC(=O)O)C2)cc(=O)n2cc(-c3ccc(Cl)cc3)nc12. The molecular weight excluding hydrogens is 432 g/mol. The van der Waals surface area contributed by atoms with E-state index in [1.165, 1.54) is 6.07 Å². The third-order valence-corrected chi connectivity index (χ3v) is 5.91. The molecule has 3 aromatic rings. The number of likely N-dealkylation sites (tertiary alicyclic amines) is 1. The van der Waals surface area contributed by atoms with Gasteiger partial charge in [0, 0.05) is 43.0 Å². The molecule has 0 unspecified atom stereocenters. The lowest BCUT2D eigenvalue weighted by Crippen LogP contribution is -2.54. The Morgan fingerprint density at radius 3 is 2.66 bits per heavy atom. The van der Waals surface area contributed by atoms with Crippen molar-refractivity contribution in [1.82, 2.24) is 18.9 Å². The van der Waals surface area contributed by atoms with Crippen molar-refractivity contribution in [2.45, 2.75) is 45.3 Å². The molecule has 0 bridgehead atoms. The Morgan fingerprint density at radius 1 is 1.22 bits per heavy atom. The molecule has 2 aromatic heterocycles. The molecule has 0 saturated carbocycles. The summed E-state index contributed by atoms with van der Waals surface area (Å²) >= 11 is 6.00. The van der Waals surface area contributed by atoms with Crippen LogP contribution in [0.15, 0.2) is 41.3 Å². The van der Waals surface area contributed by atoms with Crippen LogP contribution in [0.25, 0.3) is 17.0 Å². The molecule has 0 amide bonds. The number of nitrogens with zero attached hydrogens (tertiary/aromatic N) is 4. The summed E-state index contributed by atoms with van der Waals surface area (Å²) in [7, 11) is 0. The van der Waals surface area contributed by atoms with Crippen molar-refractivity contribution < 1.29 is 14.6 Å². The van der Waals surface area contributed by atoms with Gasteiger partial charge in [-0.3, -0.25) is 23.5 Å². The fraction of sp³-hybridized carbons (Fsp3) is 0.435. The van der Waals surface area contributed by atoms with Crippen LogP contribution in [0.2, 0.25) is 5.02 Å². The Labute approximate surface area is 191 Å². The van der Waals surface area contributed by atoms with Gasteiger partial charge in [-0.05, 0) is 18.6 Å². The molecule has 0 atom stereocenters. The van der Waals surface area contributed by atoms with Crippen LogP contribution in [0.4, 0.5) is 0 Å². The molecule has 4 rings (SSSR count). The quantitative estimate of drug-likeness (QED) is 0.467. The second-order valence-electron chi connectivity index (χ2n) is 8.13. The van der Waals surface area contributed by atoms with E-state index in [0.29, 0.717) is 48.6 Å². The molecule has 3 heterocycles. The average molecular weight is 459 g/mol. The van der Waals surface area contributed by atoms with Gasteiger partial charge in [-0.1, -0.05) is 43.5 Å². The maximum atomic E-state index is 12.8. The zero-order valence-corrected chi connectivity index (χ0v) is 18.8. The number of unbranched alkanes of at least 4 members (excludes halogenated alkanes) is 2. The van der Waals surface area contributed by atoms with Gasteiger partial charge in [-0.2, -0.15) is 0 Å². The number of benzene rings is 1. The van der Waals surface area contributed by atoms with Crippen LogP contribution in [0, 0.1) is 0 Å². The van der Waals surface area contributed by atoms with E-state index in [1.807, 2.05) is 21.6 Å². The van der Waals surface area contributed by atoms with Gasteiger partial charge in [0.05, 0.1) is 18.2 Å². The van der Waals surface area contributed by atoms with Crippen LogP contribution < -0.4 is 10.3 Å². The summed E-state index contributed by atoms with van der Waals surface area (Å²) in [6.07, 6.45) is 4.88. The molecule has 8 nitrogen and oxygen atoms in total. The van der Waals surface area contributed by atoms with Crippen LogP contribution in [-0.4, -0.2) is 55.7 Å². The number of aromatic nitrogens is 3. The highest BCUT2D eigenvalue weighted by atomic mass is 35.5. The van der Waals surface area contributed by atoms with E-state index in [4.69, 9.17) is 26.4 Å². The molecule has 1 N–H and O–H groups in total. The maximum Gasteiger partial charge on any atom is 0.304 e. The first-order valence-corrected chi connectivity index (χ1v) is 11.3. The normalized spacial score (nSPS) is 14.6. The number of carbonyl (C=O) groups is 1. The van der Waals surface area contributed by atoms with Crippen molar-refractivity contribution in [1.29, 1.82) is 0 Å². The van der Waals surface area contributed by atoms with E-state index in [9.17, 15) is 9.59 Å². The van der Waals surface area contributed by atoms with E-state index in [-0.39, 0.29) is 18.1 Å². The first-order valence-electron chi connectivity index (χ1n) is 10.9. The topological polar surface area (TPSA) is 89.1 Å². The highest BCUT2D eigenvalue weighted by molar-refractivity contribution is 6.30. The molecule has 1 aromatic carbocycles. The molecule has 9 heteroatoms. The van der Waals surface area contributed by atoms with E-state index >= 15 is 0 Å². The molecule has 32 heavy (non-hydrogen) atoms. The molecule has 0 spiro atoms. The Kier molecular flexibility index (Phi) is 6.81. The van der Waals surface area contributed by atoms with Crippen LogP contribution in [-0.2, 0) is 11.3 Å². The van der Waals surface area contributed by atoms with Crippen LogP contribution in [0.5, 0.6) is 5.88 Å². The van der Waals surface area contributed by atoms with E-state index in [2.05, 4.69) is 6.92 Å². The lowest BCUT2D eigenvalue weighted by atomic mass is 10.1. The number of aryl methyl sites for hydroxylation is 1. The van der Waals surface area contributed by atoms with Crippen LogP contribution >= 0.6 is 11.6 Å². The number of halogens is 1. The fourth-order valence-electron chi connectivity index (χ4n) is 3.87. The number of aliphatic carboxylic acids is 1. The summed E-state index contributed by atoms with van der Waals surface area (Å²) in [5.41, 5.74) is 1.38. The lowest BCUT2D eigenvalue weighted by Gasteiger charge is -2.38. The van der Waals surface area contributed by atoms with Gasteiger partial charge < -0.3 is 9.84 Å². The van der Waals surface area contributed by atoms with Gasteiger partial charge in [-0.15, -0.1) is 0 Å². The lowest BCUT2D eigenvalue weighted by molar-refractivity contribution is -0.138. The number of fused-ring (bicyclic) bond motifs is 1. The predicted molar refractivity (Wildman–Crippen MR) is 123 cm³/mol. The number of carboxylic acids is 1. The van der Waals surface area contributed by atoms with Gasteiger partial charge in [0.15, 0.2) is 0 Å². The minimum atomic E-state index is -0.805. The monoisotopic (exact) mass is 458 g/mol. The van der Waals surface area contributed by atoms with E-state index in [0.717, 1.165) is 24.8 Å². The second kappa shape index (κ2) is 9.75. The molecule has 0 radical (unpaired) electrons. The number of carboxylic acid groups (broad SMARTS) is 1. The fourth-order valence-corrected chi connectivity index (χ4v) is 3.99. The van der Waals surface area contributed by atoms with E-state index < -0.39 is 5.97 Å². The molecule has 1 aliphatic rings. The number of hydrogen-bond acceptors (Lipinski definition) is 5. The summed E-state index contributed by atoms with van der Waals surface area (Å²) in [6.45, 7) is 4.63. The van der Waals surface area contributed by atoms with Gasteiger partial charge in [0.25, 0.3) is 5.56 Å². The van der Waals surface area contributed by atoms with Crippen molar-refractivity contribution in [3.8, 4) is 17.1 Å². The Bertz CT molecular complexity index is 1150. The molecule has 1 fully saturated rings. The number of hydrogen-bond donors (Lipinski definition) is 1. The van der Waals surface area contributed by atoms with Crippen molar-refractivity contribution in [3.05, 3.63) is 51.9 Å². The van der Waals surface area contributed by atoms with Gasteiger partial charge in [-0.25, -0.2) is 4.98 Å². The van der Waals surface area contributed by atoms with Gasteiger partial charge >= 0.3 is 5.97 Å². The largest absolute Gasteiger partial charge is 0.481 e. The van der Waals surface area contributed by atoms with Crippen LogP contribution in [0.3, 0.4) is 0 Å². The van der Waals surface area contributed by atoms with Gasteiger partial charge in [0.1, 0.15) is 6.10 Å². The first-order chi connectivity index (χ1) is 15.4. The zero-order chi connectivity index (χ0) is 22.7. The highest BCUT2D eigenvalue weighted by Gasteiger charge is 2.29. The smallest absolute Gasteiger partial charge is 0.304 e. The predicted octanol–water partition coefficient (Wildman–Crippen LogP) is 3.54. The summed E-state index contributed by atoms with van der Waals surface area (Å²) in [4.78, 5) is 30.4. The molecular formula is C23H27ClN4O4. The molecule has 1 saturated heterocycles. The molecule has 1 aliphatic heterocycles. The third kappa shape index (κ3) is 4.97. The third-order valence-electron chi connectivity index (χ3n) is 5.66. The highest BCUT2D eigenvalue weighted by Crippen LogP contribution is 2.24. The van der Waals surface area contributed by atoms with Crippen molar-refractivity contribution in [2.75, 3.05) is 19.6 Å². The van der Waals surface area contributed by atoms with Crippen molar-refractivity contribution >= 4 is 23.3 Å². The number of ether oxygens (including phenoxy) is 1. The summed E-state index contributed by atoms with van der Waals surface area (Å²) < 4.78 is 9.70. The maximum absolute atomic E-state index is 12.8. The van der Waals surface area contributed by atoms with Crippen molar-refractivity contribution in [2.24, 2.45) is 0 Å². The van der Waals surface area contributed by atoms with Crippen molar-refractivity contribution in [3.63, 3.8) is 0 Å². The standard InChI is InChI=1S/C23H27ClN4O4/c1-2-3-4-10-27-21(32-18-13-26(14-18)11-9-22(30)31)12-20(29)28-15-19(25-23(27)28)16-5-7-17(24)8-6-16/h5-8,12,15,18H,2-4,9-11,13-14H2,1H3,(H,30,31). The molecule has 0 aliphatic carbocycles. The Balaban J connectivity index is 1.61. The molecule has 170 valence electrons. The minimum Gasteiger partial charge on any atom is -0.481 e. The second-order valence-corrected chi connectivity index (χ2v) is 8.56. The summed E-state index contributed by atoms with van der Waals surface area (Å²) in [6, 6.07) is 8.89. The number of imidazole rings is 1. The Hall–Kier alpha value is -2.84. The van der Waals surface area contributed by atoms with Crippen LogP contribution in [0.1, 0.15) is 32.6 Å². The van der Waals surface area contributed by atoms with E-state index in [1.54, 1.807) is 22.7 Å². The summed E-state index contributed by atoms with van der Waals surface area (Å²) in [5.74, 6) is 0.255. The number of rotatable bonds is 10. The minimum absolute atomic E-state index is 0.0752.